The van der Waals surface area contributed by atoms with Gasteiger partial charge in [0.2, 0.25) is 0 Å². The standard InChI is InChI=1S/C19H19FN6/c1-10-16-19(26(25-10)11(2)12-6-7-12)23-18(22-16)15-9-21-24-17(15)13-4-3-5-14(20)8-13/h3-5,8-9,11-12H,6-7H2,1-2H3,(H,21,24)(H,22,23)/t11-/m0/s1. The Morgan fingerprint density at radius 1 is 1.31 bits per heavy atom. The zero-order valence-corrected chi connectivity index (χ0v) is 14.6. The largest absolute Gasteiger partial charge is 0.335 e. The molecule has 4 aromatic rings. The van der Waals surface area contributed by atoms with Crippen LogP contribution in [-0.4, -0.2) is 29.9 Å². The summed E-state index contributed by atoms with van der Waals surface area (Å²) >= 11 is 0. The van der Waals surface area contributed by atoms with Crippen LogP contribution in [0.25, 0.3) is 33.8 Å². The van der Waals surface area contributed by atoms with Gasteiger partial charge in [-0.2, -0.15) is 10.2 Å². The zero-order chi connectivity index (χ0) is 17.8. The molecule has 132 valence electrons. The highest BCUT2D eigenvalue weighted by Gasteiger charge is 2.31. The summed E-state index contributed by atoms with van der Waals surface area (Å²) in [6.07, 6.45) is 4.23. The second-order valence-electron chi connectivity index (χ2n) is 7.06. The van der Waals surface area contributed by atoms with E-state index in [9.17, 15) is 4.39 Å². The summed E-state index contributed by atoms with van der Waals surface area (Å²) in [7, 11) is 0. The molecule has 1 fully saturated rings. The van der Waals surface area contributed by atoms with Gasteiger partial charge in [0.25, 0.3) is 0 Å². The first-order valence-corrected chi connectivity index (χ1v) is 8.86. The van der Waals surface area contributed by atoms with E-state index in [0.29, 0.717) is 17.8 Å². The van der Waals surface area contributed by atoms with E-state index in [1.165, 1.54) is 25.0 Å². The second-order valence-corrected chi connectivity index (χ2v) is 7.06. The highest BCUT2D eigenvalue weighted by Crippen LogP contribution is 2.40. The predicted octanol–water partition coefficient (Wildman–Crippen LogP) is 4.24. The lowest BCUT2D eigenvalue weighted by atomic mass is 10.1. The van der Waals surface area contributed by atoms with Crippen molar-refractivity contribution in [1.29, 1.82) is 0 Å². The van der Waals surface area contributed by atoms with Gasteiger partial charge < -0.3 is 4.98 Å². The number of benzene rings is 1. The van der Waals surface area contributed by atoms with Crippen molar-refractivity contribution < 1.29 is 4.39 Å². The number of hydrogen-bond donors (Lipinski definition) is 2. The molecule has 1 atom stereocenters. The minimum absolute atomic E-state index is 0.280. The Labute approximate surface area is 149 Å². The number of nitrogens with one attached hydrogen (secondary N) is 2. The maximum absolute atomic E-state index is 13.6. The van der Waals surface area contributed by atoms with Crippen molar-refractivity contribution >= 4 is 11.2 Å². The molecule has 7 heteroatoms. The van der Waals surface area contributed by atoms with Gasteiger partial charge in [0, 0.05) is 5.56 Å². The molecule has 0 saturated heterocycles. The maximum atomic E-state index is 13.6. The van der Waals surface area contributed by atoms with Gasteiger partial charge >= 0.3 is 0 Å². The van der Waals surface area contributed by atoms with Gasteiger partial charge in [0.05, 0.1) is 29.2 Å². The Bertz CT molecular complexity index is 1100. The third kappa shape index (κ3) is 2.34. The van der Waals surface area contributed by atoms with Crippen molar-refractivity contribution in [2.24, 2.45) is 5.92 Å². The average molecular weight is 350 g/mol. The minimum Gasteiger partial charge on any atom is -0.335 e. The predicted molar refractivity (Wildman–Crippen MR) is 97.0 cm³/mol. The topological polar surface area (TPSA) is 75.2 Å². The van der Waals surface area contributed by atoms with Gasteiger partial charge in [0.1, 0.15) is 17.2 Å². The molecular formula is C19H19FN6. The molecular weight excluding hydrogens is 331 g/mol. The molecule has 1 aliphatic carbocycles. The SMILES string of the molecule is Cc1nn([C@@H](C)C2CC2)c2nc(-c3cn[nH]c3-c3cccc(F)c3)[nH]c12. The maximum Gasteiger partial charge on any atom is 0.177 e. The van der Waals surface area contributed by atoms with Gasteiger partial charge in [-0.15, -0.1) is 0 Å². The van der Waals surface area contributed by atoms with Crippen molar-refractivity contribution in [2.75, 3.05) is 0 Å². The molecule has 0 unspecified atom stereocenters. The number of hydrogen-bond acceptors (Lipinski definition) is 3. The number of fused-ring (bicyclic) bond motifs is 1. The molecule has 0 aliphatic heterocycles. The van der Waals surface area contributed by atoms with Crippen LogP contribution in [0.4, 0.5) is 4.39 Å². The molecule has 26 heavy (non-hydrogen) atoms. The lowest BCUT2D eigenvalue weighted by Gasteiger charge is -2.10. The highest BCUT2D eigenvalue weighted by molar-refractivity contribution is 5.83. The Balaban J connectivity index is 1.63. The highest BCUT2D eigenvalue weighted by atomic mass is 19.1. The number of rotatable bonds is 4. The third-order valence-electron chi connectivity index (χ3n) is 5.22. The molecule has 6 nitrogen and oxygen atoms in total. The summed E-state index contributed by atoms with van der Waals surface area (Å²) in [6.45, 7) is 4.19. The van der Waals surface area contributed by atoms with Crippen LogP contribution in [0.3, 0.4) is 0 Å². The normalized spacial score (nSPS) is 15.7. The first-order chi connectivity index (χ1) is 12.6. The van der Waals surface area contributed by atoms with Gasteiger partial charge in [-0.1, -0.05) is 12.1 Å². The molecule has 0 radical (unpaired) electrons. The summed E-state index contributed by atoms with van der Waals surface area (Å²) in [4.78, 5) is 8.18. The summed E-state index contributed by atoms with van der Waals surface area (Å²) in [5.41, 5.74) is 5.04. The fraction of sp³-hybridized carbons (Fsp3) is 0.316. The van der Waals surface area contributed by atoms with Crippen LogP contribution in [0.2, 0.25) is 0 Å². The van der Waals surface area contributed by atoms with Crippen LogP contribution in [0.15, 0.2) is 30.5 Å². The van der Waals surface area contributed by atoms with E-state index in [-0.39, 0.29) is 5.82 Å². The molecule has 0 amide bonds. The van der Waals surface area contributed by atoms with E-state index in [4.69, 9.17) is 4.98 Å². The van der Waals surface area contributed by atoms with Crippen LogP contribution in [-0.2, 0) is 0 Å². The van der Waals surface area contributed by atoms with E-state index < -0.39 is 0 Å². The number of aryl methyl sites for hydroxylation is 1. The van der Waals surface area contributed by atoms with E-state index in [0.717, 1.165) is 33.7 Å². The molecule has 0 bridgehead atoms. The van der Waals surface area contributed by atoms with Crippen LogP contribution in [0.1, 0.15) is 31.5 Å². The van der Waals surface area contributed by atoms with Crippen LogP contribution >= 0.6 is 0 Å². The van der Waals surface area contributed by atoms with Gasteiger partial charge in [0.15, 0.2) is 5.65 Å². The second kappa shape index (κ2) is 5.52. The Morgan fingerprint density at radius 3 is 2.92 bits per heavy atom. The molecule has 5 rings (SSSR count). The first kappa shape index (κ1) is 15.3. The fourth-order valence-electron chi connectivity index (χ4n) is 3.56. The first-order valence-electron chi connectivity index (χ1n) is 8.86. The molecule has 1 aliphatic rings. The van der Waals surface area contributed by atoms with Crippen LogP contribution < -0.4 is 0 Å². The van der Waals surface area contributed by atoms with Gasteiger partial charge in [-0.25, -0.2) is 14.1 Å². The quantitative estimate of drug-likeness (QED) is 0.578. The lowest BCUT2D eigenvalue weighted by molar-refractivity contribution is 0.449. The number of imidazole rings is 1. The summed E-state index contributed by atoms with van der Waals surface area (Å²) in [5, 5.41) is 11.8. The van der Waals surface area contributed by atoms with Crippen molar-refractivity contribution in [1.82, 2.24) is 29.9 Å². The van der Waals surface area contributed by atoms with Crippen LogP contribution in [0.5, 0.6) is 0 Å². The van der Waals surface area contributed by atoms with E-state index in [1.54, 1.807) is 12.3 Å². The summed E-state index contributed by atoms with van der Waals surface area (Å²) in [6, 6.07) is 6.80. The van der Waals surface area contributed by atoms with E-state index >= 15 is 0 Å². The van der Waals surface area contributed by atoms with Crippen molar-refractivity contribution in [3.8, 4) is 22.6 Å². The van der Waals surface area contributed by atoms with Gasteiger partial charge in [-0.3, -0.25) is 5.10 Å². The Morgan fingerprint density at radius 2 is 2.15 bits per heavy atom. The fourth-order valence-corrected chi connectivity index (χ4v) is 3.56. The van der Waals surface area contributed by atoms with Crippen molar-refractivity contribution in [2.45, 2.75) is 32.7 Å². The third-order valence-corrected chi connectivity index (χ3v) is 5.22. The monoisotopic (exact) mass is 350 g/mol. The average Bonchev–Trinajstić information content (AvgIpc) is 3.08. The Kier molecular flexibility index (Phi) is 3.25. The number of aromatic nitrogens is 6. The molecule has 1 saturated carbocycles. The summed E-state index contributed by atoms with van der Waals surface area (Å²) < 4.78 is 15.6. The number of nitrogens with zero attached hydrogens (tertiary/aromatic N) is 4. The molecule has 0 spiro atoms. The molecule has 3 heterocycles. The van der Waals surface area contributed by atoms with Crippen LogP contribution in [0, 0.1) is 18.7 Å². The number of halogens is 1. The lowest BCUT2D eigenvalue weighted by Crippen LogP contribution is -2.09. The zero-order valence-electron chi connectivity index (χ0n) is 14.6. The molecule has 2 N–H and O–H groups in total. The van der Waals surface area contributed by atoms with Gasteiger partial charge in [-0.05, 0) is 44.7 Å². The molecule has 3 aromatic heterocycles. The smallest absolute Gasteiger partial charge is 0.177 e. The Hall–Kier alpha value is -2.96. The minimum atomic E-state index is -0.280. The molecule has 1 aromatic carbocycles. The van der Waals surface area contributed by atoms with E-state index in [1.807, 2.05) is 17.7 Å². The van der Waals surface area contributed by atoms with Crippen molar-refractivity contribution in [3.05, 3.63) is 42.0 Å². The number of H-pyrrole nitrogens is 2. The van der Waals surface area contributed by atoms with E-state index in [2.05, 4.69) is 27.2 Å². The van der Waals surface area contributed by atoms with Crippen molar-refractivity contribution in [3.63, 3.8) is 0 Å². The number of aromatic amines is 2. The summed E-state index contributed by atoms with van der Waals surface area (Å²) in [5.74, 6) is 1.12.